The first kappa shape index (κ1) is 17.5. The van der Waals surface area contributed by atoms with Gasteiger partial charge in [-0.15, -0.1) is 0 Å². The number of benzene rings is 2. The highest BCUT2D eigenvalue weighted by Crippen LogP contribution is 2.18. The summed E-state index contributed by atoms with van der Waals surface area (Å²) in [4.78, 5) is 11.8. The lowest BCUT2D eigenvalue weighted by Crippen LogP contribution is -2.16. The predicted octanol–water partition coefficient (Wildman–Crippen LogP) is 3.12. The molecule has 6 nitrogen and oxygen atoms in total. The van der Waals surface area contributed by atoms with Crippen LogP contribution in [0.2, 0.25) is 0 Å². The molecule has 2 aromatic carbocycles. The Bertz CT molecular complexity index is 840. The number of amides is 1. The van der Waals surface area contributed by atoms with Crippen LogP contribution in [-0.2, 0) is 21.2 Å². The summed E-state index contributed by atoms with van der Waals surface area (Å²) in [6.07, 6.45) is -0.639. The summed E-state index contributed by atoms with van der Waals surface area (Å²) in [5.74, 6) is 0. The lowest BCUT2D eigenvalue weighted by atomic mass is 10.2. The van der Waals surface area contributed by atoms with Crippen LogP contribution >= 0.6 is 0 Å². The van der Waals surface area contributed by atoms with E-state index in [0.29, 0.717) is 5.69 Å². The second-order valence-electron chi connectivity index (χ2n) is 5.03. The van der Waals surface area contributed by atoms with Crippen LogP contribution in [0.15, 0.2) is 59.5 Å². The van der Waals surface area contributed by atoms with Gasteiger partial charge in [-0.3, -0.25) is 5.32 Å². The van der Waals surface area contributed by atoms with E-state index in [1.807, 2.05) is 30.3 Å². The number of ether oxygens (including phenoxy) is 1. The van der Waals surface area contributed by atoms with Gasteiger partial charge >= 0.3 is 6.09 Å². The lowest BCUT2D eigenvalue weighted by Gasteiger charge is -2.09. The Kier molecular flexibility index (Phi) is 5.55. The summed E-state index contributed by atoms with van der Waals surface area (Å²) in [5.41, 5.74) is 1.26. The van der Waals surface area contributed by atoms with Gasteiger partial charge in [0, 0.05) is 5.69 Å². The largest absolute Gasteiger partial charge is 0.444 e. The van der Waals surface area contributed by atoms with Crippen molar-refractivity contribution in [3.05, 3.63) is 60.2 Å². The van der Waals surface area contributed by atoms with Crippen molar-refractivity contribution in [2.75, 3.05) is 5.32 Å². The quantitative estimate of drug-likeness (QED) is 0.899. The van der Waals surface area contributed by atoms with Gasteiger partial charge < -0.3 is 4.74 Å². The summed E-state index contributed by atoms with van der Waals surface area (Å²) in [7, 11) is -3.69. The van der Waals surface area contributed by atoms with Gasteiger partial charge in [-0.2, -0.15) is 5.26 Å². The van der Waals surface area contributed by atoms with Crippen LogP contribution < -0.4 is 5.32 Å². The fourth-order valence-corrected chi connectivity index (χ4v) is 2.94. The van der Waals surface area contributed by atoms with Gasteiger partial charge in [0.25, 0.3) is 0 Å². The van der Waals surface area contributed by atoms with Crippen LogP contribution in [0.25, 0.3) is 0 Å². The van der Waals surface area contributed by atoms with Crippen molar-refractivity contribution in [1.29, 1.82) is 5.26 Å². The molecule has 2 rings (SSSR count). The molecule has 0 aromatic heterocycles. The van der Waals surface area contributed by atoms with E-state index in [2.05, 4.69) is 5.32 Å². The zero-order valence-corrected chi connectivity index (χ0v) is 13.8. The third kappa shape index (κ3) is 4.33. The van der Waals surface area contributed by atoms with Crippen molar-refractivity contribution in [1.82, 2.24) is 0 Å². The van der Waals surface area contributed by atoms with Gasteiger partial charge in [-0.1, -0.05) is 30.3 Å². The fourth-order valence-electron chi connectivity index (χ4n) is 1.88. The van der Waals surface area contributed by atoms with Crippen LogP contribution in [0.4, 0.5) is 10.5 Å². The molecule has 0 heterocycles. The molecule has 1 unspecified atom stereocenters. The number of sulfone groups is 1. The molecule has 0 fully saturated rings. The summed E-state index contributed by atoms with van der Waals surface area (Å²) in [5, 5.41) is 10.1. The van der Waals surface area contributed by atoms with Gasteiger partial charge in [0.2, 0.25) is 0 Å². The molecule has 7 heteroatoms. The van der Waals surface area contributed by atoms with E-state index < -0.39 is 21.2 Å². The SMILES string of the molecule is CC(C#N)S(=O)(=O)c1ccc(NC(=O)OCc2ccccc2)cc1. The van der Waals surface area contributed by atoms with Crippen LogP contribution in [0.1, 0.15) is 12.5 Å². The van der Waals surface area contributed by atoms with Gasteiger partial charge in [0.1, 0.15) is 11.9 Å². The van der Waals surface area contributed by atoms with Crippen LogP contribution in [0.5, 0.6) is 0 Å². The molecule has 124 valence electrons. The van der Waals surface area contributed by atoms with Crippen LogP contribution in [-0.4, -0.2) is 19.8 Å². The first-order valence-electron chi connectivity index (χ1n) is 7.15. The second kappa shape index (κ2) is 7.62. The normalized spacial score (nSPS) is 12.0. The van der Waals surface area contributed by atoms with Crippen molar-refractivity contribution < 1.29 is 17.9 Å². The molecule has 0 aliphatic heterocycles. The molecular weight excluding hydrogens is 328 g/mol. The summed E-state index contributed by atoms with van der Waals surface area (Å²) in [6.45, 7) is 1.46. The van der Waals surface area contributed by atoms with E-state index in [4.69, 9.17) is 10.00 Å². The molecule has 0 saturated carbocycles. The van der Waals surface area contributed by atoms with Crippen molar-refractivity contribution in [2.24, 2.45) is 0 Å². The minimum atomic E-state index is -3.69. The number of hydrogen-bond acceptors (Lipinski definition) is 5. The maximum absolute atomic E-state index is 12.0. The minimum absolute atomic E-state index is 0.0275. The number of carbonyl (C=O) groups excluding carboxylic acids is 1. The van der Waals surface area contributed by atoms with Gasteiger partial charge in [0.15, 0.2) is 9.84 Å². The Morgan fingerprint density at radius 2 is 1.79 bits per heavy atom. The molecule has 0 aliphatic carbocycles. The first-order valence-corrected chi connectivity index (χ1v) is 8.69. The number of anilines is 1. The van der Waals surface area contributed by atoms with E-state index >= 15 is 0 Å². The van der Waals surface area contributed by atoms with Crippen molar-refractivity contribution in [3.8, 4) is 6.07 Å². The highest BCUT2D eigenvalue weighted by Gasteiger charge is 2.22. The molecule has 2 aromatic rings. The standard InChI is InChI=1S/C17H16N2O4S/c1-13(11-18)24(21,22)16-9-7-15(8-10-16)19-17(20)23-12-14-5-3-2-4-6-14/h2-10,13H,12H2,1H3,(H,19,20). The molecule has 0 radical (unpaired) electrons. The Hall–Kier alpha value is -2.85. The van der Waals surface area contributed by atoms with E-state index in [-0.39, 0.29) is 11.5 Å². The number of carbonyl (C=O) groups is 1. The maximum atomic E-state index is 12.0. The summed E-state index contributed by atoms with van der Waals surface area (Å²) >= 11 is 0. The Morgan fingerprint density at radius 1 is 1.17 bits per heavy atom. The Labute approximate surface area is 140 Å². The minimum Gasteiger partial charge on any atom is -0.444 e. The number of nitrogens with zero attached hydrogens (tertiary/aromatic N) is 1. The smallest absolute Gasteiger partial charge is 0.411 e. The molecular formula is C17H16N2O4S. The predicted molar refractivity (Wildman–Crippen MR) is 89.0 cm³/mol. The van der Waals surface area contributed by atoms with Crippen molar-refractivity contribution >= 4 is 21.6 Å². The Morgan fingerprint density at radius 3 is 2.38 bits per heavy atom. The number of hydrogen-bond donors (Lipinski definition) is 1. The number of rotatable bonds is 5. The highest BCUT2D eigenvalue weighted by molar-refractivity contribution is 7.92. The summed E-state index contributed by atoms with van der Waals surface area (Å²) in [6, 6.07) is 16.5. The molecule has 0 bridgehead atoms. The average Bonchev–Trinajstić information content (AvgIpc) is 2.60. The molecule has 0 saturated heterocycles. The zero-order chi connectivity index (χ0) is 17.6. The number of nitrogens with one attached hydrogen (secondary N) is 1. The molecule has 1 amide bonds. The van der Waals surface area contributed by atoms with Gasteiger partial charge in [-0.25, -0.2) is 13.2 Å². The third-order valence-corrected chi connectivity index (χ3v) is 5.25. The third-order valence-electron chi connectivity index (χ3n) is 3.29. The van der Waals surface area contributed by atoms with Crippen molar-refractivity contribution in [2.45, 2.75) is 23.7 Å². The van der Waals surface area contributed by atoms with E-state index in [1.54, 1.807) is 6.07 Å². The molecule has 0 spiro atoms. The number of nitriles is 1. The zero-order valence-electron chi connectivity index (χ0n) is 13.0. The fraction of sp³-hybridized carbons (Fsp3) is 0.176. The second-order valence-corrected chi connectivity index (χ2v) is 7.30. The maximum Gasteiger partial charge on any atom is 0.411 e. The average molecular weight is 344 g/mol. The summed E-state index contributed by atoms with van der Waals surface area (Å²) < 4.78 is 29.1. The monoisotopic (exact) mass is 344 g/mol. The molecule has 0 aliphatic rings. The lowest BCUT2D eigenvalue weighted by molar-refractivity contribution is 0.155. The molecule has 1 atom stereocenters. The van der Waals surface area contributed by atoms with Crippen molar-refractivity contribution in [3.63, 3.8) is 0 Å². The van der Waals surface area contributed by atoms with E-state index in [1.165, 1.54) is 31.2 Å². The van der Waals surface area contributed by atoms with E-state index in [0.717, 1.165) is 5.56 Å². The Balaban J connectivity index is 1.97. The highest BCUT2D eigenvalue weighted by atomic mass is 32.2. The van der Waals surface area contributed by atoms with Crippen LogP contribution in [0.3, 0.4) is 0 Å². The molecule has 24 heavy (non-hydrogen) atoms. The van der Waals surface area contributed by atoms with Gasteiger partial charge in [-0.05, 0) is 36.8 Å². The van der Waals surface area contributed by atoms with Gasteiger partial charge in [0.05, 0.1) is 11.0 Å². The molecule has 1 N–H and O–H groups in total. The topological polar surface area (TPSA) is 96.3 Å². The first-order chi connectivity index (χ1) is 11.4. The van der Waals surface area contributed by atoms with E-state index in [9.17, 15) is 13.2 Å². The van der Waals surface area contributed by atoms with Crippen LogP contribution in [0, 0.1) is 11.3 Å².